The van der Waals surface area contributed by atoms with Crippen LogP contribution in [0.1, 0.15) is 26.7 Å². The highest BCUT2D eigenvalue weighted by Gasteiger charge is 2.53. The van der Waals surface area contributed by atoms with Crippen molar-refractivity contribution in [3.05, 3.63) is 22.3 Å². The lowest BCUT2D eigenvalue weighted by atomic mass is 9.58. The van der Waals surface area contributed by atoms with Crippen LogP contribution in [0.4, 0.5) is 0 Å². The van der Waals surface area contributed by atoms with Gasteiger partial charge in [0.1, 0.15) is 0 Å². The molecule has 0 aromatic carbocycles. The number of hydrogen-bond acceptors (Lipinski definition) is 2. The van der Waals surface area contributed by atoms with Crippen LogP contribution >= 0.6 is 0 Å². The zero-order valence-electron chi connectivity index (χ0n) is 8.06. The lowest BCUT2D eigenvalue weighted by Gasteiger charge is -2.45. The molecule has 0 aromatic heterocycles. The lowest BCUT2D eigenvalue weighted by Crippen LogP contribution is -2.51. The summed E-state index contributed by atoms with van der Waals surface area (Å²) >= 11 is 0. The van der Waals surface area contributed by atoms with Gasteiger partial charge in [0.25, 0.3) is 0 Å². The van der Waals surface area contributed by atoms with Gasteiger partial charge in [0.2, 0.25) is 6.04 Å². The largest absolute Gasteiger partial charge is 0.264 e. The van der Waals surface area contributed by atoms with Crippen LogP contribution in [-0.2, 0) is 0 Å². The molecule has 0 aliphatic heterocycles. The zero-order valence-corrected chi connectivity index (χ0v) is 8.06. The minimum atomic E-state index is -0.365. The van der Waals surface area contributed by atoms with Crippen molar-refractivity contribution in [2.24, 2.45) is 17.3 Å². The van der Waals surface area contributed by atoms with Crippen LogP contribution in [0.15, 0.2) is 12.2 Å². The van der Waals surface area contributed by atoms with Crippen molar-refractivity contribution in [1.82, 2.24) is 0 Å². The average Bonchev–Trinajstić information content (AvgIpc) is 2.03. The summed E-state index contributed by atoms with van der Waals surface area (Å²) in [6, 6.07) is -0.365. The summed E-state index contributed by atoms with van der Waals surface area (Å²) in [7, 11) is 0. The Morgan fingerprint density at radius 1 is 1.38 bits per heavy atom. The molecule has 3 unspecified atom stereocenters. The quantitative estimate of drug-likeness (QED) is 0.354. The summed E-state index contributed by atoms with van der Waals surface area (Å²) in [5.41, 5.74) is -0.152. The Morgan fingerprint density at radius 3 is 2.38 bits per heavy atom. The molecule has 3 nitrogen and oxygen atoms in total. The monoisotopic (exact) mass is 181 g/mol. The molecule has 3 rings (SSSR count). The summed E-state index contributed by atoms with van der Waals surface area (Å²) < 4.78 is 0. The van der Waals surface area contributed by atoms with Gasteiger partial charge in [0.05, 0.1) is 0 Å². The number of hydrogen-bond donors (Lipinski definition) is 0. The van der Waals surface area contributed by atoms with E-state index in [1.54, 1.807) is 0 Å². The van der Waals surface area contributed by atoms with E-state index in [2.05, 4.69) is 6.08 Å². The second-order valence-corrected chi connectivity index (χ2v) is 4.78. The summed E-state index contributed by atoms with van der Waals surface area (Å²) in [5, 5.41) is 10.9. The molecule has 3 atom stereocenters. The molecule has 3 aliphatic rings. The van der Waals surface area contributed by atoms with Crippen molar-refractivity contribution in [1.29, 1.82) is 0 Å². The molecule has 0 heterocycles. The van der Waals surface area contributed by atoms with E-state index < -0.39 is 0 Å². The van der Waals surface area contributed by atoms with Gasteiger partial charge >= 0.3 is 0 Å². The topological polar surface area (TPSA) is 43.1 Å². The standard InChI is InChI=1S/C10H15NO2/c1-10(2)8-5-3-7(4-6-8)9(10)11(12)13/h3,5,7-9H,4,6H2,1-2H3. The molecule has 13 heavy (non-hydrogen) atoms. The van der Waals surface area contributed by atoms with Gasteiger partial charge in [0, 0.05) is 16.3 Å². The highest BCUT2D eigenvalue weighted by molar-refractivity contribution is 5.13. The van der Waals surface area contributed by atoms with Crippen LogP contribution in [0, 0.1) is 27.4 Å². The Kier molecular flexibility index (Phi) is 1.72. The maximum absolute atomic E-state index is 10.9. The van der Waals surface area contributed by atoms with E-state index in [4.69, 9.17) is 0 Å². The average molecular weight is 181 g/mol. The van der Waals surface area contributed by atoms with Crippen molar-refractivity contribution in [2.75, 3.05) is 0 Å². The Morgan fingerprint density at radius 2 is 2.08 bits per heavy atom. The van der Waals surface area contributed by atoms with E-state index >= 15 is 0 Å². The first-order valence-electron chi connectivity index (χ1n) is 4.85. The Balaban J connectivity index is 2.37. The molecule has 0 saturated heterocycles. The van der Waals surface area contributed by atoms with Gasteiger partial charge in [-0.15, -0.1) is 0 Å². The molecule has 0 spiro atoms. The molecular formula is C10H15NO2. The van der Waals surface area contributed by atoms with Gasteiger partial charge in [-0.3, -0.25) is 10.1 Å². The fraction of sp³-hybridized carbons (Fsp3) is 0.800. The Bertz CT molecular complexity index is 270. The molecule has 0 aromatic rings. The normalized spacial score (nSPS) is 40.6. The van der Waals surface area contributed by atoms with Crippen molar-refractivity contribution >= 4 is 0 Å². The summed E-state index contributed by atoms with van der Waals surface area (Å²) in [6.45, 7) is 4.06. The van der Waals surface area contributed by atoms with Gasteiger partial charge in [-0.2, -0.15) is 0 Å². The smallest absolute Gasteiger partial charge is 0.224 e. The molecule has 72 valence electrons. The second kappa shape index (κ2) is 2.56. The van der Waals surface area contributed by atoms with E-state index in [1.807, 2.05) is 19.9 Å². The van der Waals surface area contributed by atoms with E-state index in [0.29, 0.717) is 5.92 Å². The molecule has 2 bridgehead atoms. The van der Waals surface area contributed by atoms with E-state index in [-0.39, 0.29) is 22.3 Å². The maximum Gasteiger partial charge on any atom is 0.224 e. The van der Waals surface area contributed by atoms with Crippen molar-refractivity contribution in [3.63, 3.8) is 0 Å². The number of rotatable bonds is 1. The van der Waals surface area contributed by atoms with Crippen molar-refractivity contribution < 1.29 is 4.92 Å². The van der Waals surface area contributed by atoms with Gasteiger partial charge in [-0.25, -0.2) is 0 Å². The zero-order chi connectivity index (χ0) is 9.64. The molecule has 0 N–H and O–H groups in total. The molecule has 1 saturated carbocycles. The number of nitro groups is 1. The van der Waals surface area contributed by atoms with Crippen LogP contribution in [0.3, 0.4) is 0 Å². The first kappa shape index (κ1) is 8.73. The summed E-state index contributed by atoms with van der Waals surface area (Å²) in [4.78, 5) is 10.8. The van der Waals surface area contributed by atoms with Crippen molar-refractivity contribution in [2.45, 2.75) is 32.7 Å². The summed E-state index contributed by atoms with van der Waals surface area (Å²) in [5.74, 6) is 0.586. The third-order valence-electron chi connectivity index (χ3n) is 3.75. The molecule has 3 heteroatoms. The van der Waals surface area contributed by atoms with Crippen LogP contribution in [-0.4, -0.2) is 11.0 Å². The number of allylic oxidation sites excluding steroid dienone is 1. The highest BCUT2D eigenvalue weighted by Crippen LogP contribution is 2.49. The Hall–Kier alpha value is -0.860. The fourth-order valence-electron chi connectivity index (χ4n) is 2.92. The second-order valence-electron chi connectivity index (χ2n) is 4.78. The molecule has 3 aliphatic carbocycles. The van der Waals surface area contributed by atoms with Crippen LogP contribution in [0.2, 0.25) is 0 Å². The maximum atomic E-state index is 10.9. The van der Waals surface area contributed by atoms with Crippen LogP contribution in [0.5, 0.6) is 0 Å². The fourth-order valence-corrected chi connectivity index (χ4v) is 2.92. The van der Waals surface area contributed by atoms with Gasteiger partial charge in [-0.1, -0.05) is 26.0 Å². The number of fused-ring (bicyclic) bond motifs is 2. The minimum Gasteiger partial charge on any atom is -0.264 e. The van der Waals surface area contributed by atoms with E-state index in [0.717, 1.165) is 12.8 Å². The van der Waals surface area contributed by atoms with Gasteiger partial charge in [0.15, 0.2) is 0 Å². The predicted octanol–water partition coefficient (Wildman–Crippen LogP) is 2.25. The van der Waals surface area contributed by atoms with Crippen LogP contribution in [0.25, 0.3) is 0 Å². The molecular weight excluding hydrogens is 166 g/mol. The summed E-state index contributed by atoms with van der Waals surface area (Å²) in [6.07, 6.45) is 6.34. The third-order valence-corrected chi connectivity index (χ3v) is 3.75. The first-order valence-corrected chi connectivity index (χ1v) is 4.85. The van der Waals surface area contributed by atoms with Crippen LogP contribution < -0.4 is 0 Å². The number of nitrogens with zero attached hydrogens (tertiary/aromatic N) is 1. The Labute approximate surface area is 78.0 Å². The van der Waals surface area contributed by atoms with Gasteiger partial charge < -0.3 is 0 Å². The first-order chi connectivity index (χ1) is 6.03. The van der Waals surface area contributed by atoms with E-state index in [9.17, 15) is 10.1 Å². The van der Waals surface area contributed by atoms with Gasteiger partial charge in [-0.05, 0) is 18.8 Å². The molecule has 0 radical (unpaired) electrons. The lowest BCUT2D eigenvalue weighted by molar-refractivity contribution is -0.555. The van der Waals surface area contributed by atoms with Crippen molar-refractivity contribution in [3.8, 4) is 0 Å². The molecule has 1 fully saturated rings. The molecule has 0 amide bonds. The highest BCUT2D eigenvalue weighted by atomic mass is 16.6. The third kappa shape index (κ3) is 1.10. The minimum absolute atomic E-state index is 0.0830. The predicted molar refractivity (Wildman–Crippen MR) is 49.9 cm³/mol. The SMILES string of the molecule is CC1(C)C2C=CC(CC2)C1[N+](=O)[O-]. The van der Waals surface area contributed by atoms with E-state index in [1.165, 1.54) is 0 Å².